The first kappa shape index (κ1) is 19.4. The van der Waals surface area contributed by atoms with Gasteiger partial charge in [0.25, 0.3) is 0 Å². The zero-order valence-corrected chi connectivity index (χ0v) is 15.4. The van der Waals surface area contributed by atoms with Gasteiger partial charge in [0.15, 0.2) is 0 Å². The third-order valence-corrected chi connectivity index (χ3v) is 4.34. The summed E-state index contributed by atoms with van der Waals surface area (Å²) >= 11 is 0. The average molecular weight is 375 g/mol. The first-order chi connectivity index (χ1) is 12.9. The van der Waals surface area contributed by atoms with Gasteiger partial charge >= 0.3 is 0 Å². The first-order valence-corrected chi connectivity index (χ1v) is 8.82. The van der Waals surface area contributed by atoms with Crippen molar-refractivity contribution in [1.82, 2.24) is 19.9 Å². The SMILES string of the molecule is CN(C)Cc1cn(C[C@H]2O[C@@H](CC(=O)Nc3ccccc3)[C@H](O)[C@@H]2O)nn1. The van der Waals surface area contributed by atoms with Crippen molar-refractivity contribution in [1.29, 1.82) is 0 Å². The van der Waals surface area contributed by atoms with Crippen molar-refractivity contribution in [2.24, 2.45) is 0 Å². The van der Waals surface area contributed by atoms with Crippen LogP contribution in [-0.4, -0.2) is 74.5 Å². The van der Waals surface area contributed by atoms with Crippen molar-refractivity contribution in [3.05, 3.63) is 42.2 Å². The van der Waals surface area contributed by atoms with E-state index in [2.05, 4.69) is 15.6 Å². The molecule has 2 aromatic rings. The topological polar surface area (TPSA) is 113 Å². The summed E-state index contributed by atoms with van der Waals surface area (Å²) in [6.07, 6.45) is -1.95. The highest BCUT2D eigenvalue weighted by Gasteiger charge is 2.43. The van der Waals surface area contributed by atoms with Gasteiger partial charge in [0.05, 0.1) is 24.8 Å². The molecule has 0 bridgehead atoms. The second kappa shape index (κ2) is 8.57. The van der Waals surface area contributed by atoms with E-state index >= 15 is 0 Å². The maximum absolute atomic E-state index is 12.2. The van der Waals surface area contributed by atoms with Crippen LogP contribution < -0.4 is 5.32 Å². The highest BCUT2D eigenvalue weighted by Crippen LogP contribution is 2.25. The number of nitrogens with one attached hydrogen (secondary N) is 1. The summed E-state index contributed by atoms with van der Waals surface area (Å²) in [5.74, 6) is -0.285. The number of ether oxygens (including phenoxy) is 1. The van der Waals surface area contributed by atoms with Gasteiger partial charge in [0.1, 0.15) is 18.3 Å². The Kier molecular flexibility index (Phi) is 6.17. The van der Waals surface area contributed by atoms with E-state index in [1.54, 1.807) is 23.0 Å². The normalized spacial score (nSPS) is 25.1. The average Bonchev–Trinajstić information content (AvgIpc) is 3.15. The van der Waals surface area contributed by atoms with Gasteiger partial charge in [-0.1, -0.05) is 23.4 Å². The molecule has 9 heteroatoms. The molecule has 1 saturated heterocycles. The summed E-state index contributed by atoms with van der Waals surface area (Å²) in [4.78, 5) is 14.1. The number of anilines is 1. The smallest absolute Gasteiger partial charge is 0.227 e. The van der Waals surface area contributed by atoms with Gasteiger partial charge in [0, 0.05) is 18.4 Å². The van der Waals surface area contributed by atoms with E-state index < -0.39 is 24.4 Å². The fourth-order valence-electron chi connectivity index (χ4n) is 3.07. The molecule has 3 N–H and O–H groups in total. The van der Waals surface area contributed by atoms with Crippen molar-refractivity contribution in [2.75, 3.05) is 19.4 Å². The van der Waals surface area contributed by atoms with Gasteiger partial charge in [-0.05, 0) is 26.2 Å². The number of hydrogen-bond acceptors (Lipinski definition) is 7. The maximum atomic E-state index is 12.2. The highest BCUT2D eigenvalue weighted by molar-refractivity contribution is 5.91. The van der Waals surface area contributed by atoms with Crippen molar-refractivity contribution in [3.8, 4) is 0 Å². The van der Waals surface area contributed by atoms with Gasteiger partial charge in [-0.25, -0.2) is 4.68 Å². The number of amides is 1. The fourth-order valence-corrected chi connectivity index (χ4v) is 3.07. The van der Waals surface area contributed by atoms with Crippen LogP contribution in [0.25, 0.3) is 0 Å². The minimum absolute atomic E-state index is 0.0488. The van der Waals surface area contributed by atoms with Crippen LogP contribution in [0.4, 0.5) is 5.69 Å². The highest BCUT2D eigenvalue weighted by atomic mass is 16.5. The Morgan fingerprint density at radius 2 is 1.93 bits per heavy atom. The van der Waals surface area contributed by atoms with E-state index in [0.29, 0.717) is 12.2 Å². The minimum atomic E-state index is -1.14. The molecule has 1 amide bonds. The summed E-state index contributed by atoms with van der Waals surface area (Å²) in [7, 11) is 3.87. The van der Waals surface area contributed by atoms with E-state index in [4.69, 9.17) is 4.74 Å². The van der Waals surface area contributed by atoms with Crippen LogP contribution in [0.1, 0.15) is 12.1 Å². The molecule has 1 aliphatic rings. The van der Waals surface area contributed by atoms with Crippen LogP contribution in [0.15, 0.2) is 36.5 Å². The number of rotatable bonds is 7. The number of carbonyl (C=O) groups is 1. The Morgan fingerprint density at radius 3 is 2.63 bits per heavy atom. The molecule has 0 aliphatic carbocycles. The van der Waals surface area contributed by atoms with Crippen LogP contribution >= 0.6 is 0 Å². The number of carbonyl (C=O) groups excluding carboxylic acids is 1. The van der Waals surface area contributed by atoms with Crippen LogP contribution in [0.5, 0.6) is 0 Å². The summed E-state index contributed by atoms with van der Waals surface area (Å²) < 4.78 is 7.30. The molecule has 9 nitrogen and oxygen atoms in total. The quantitative estimate of drug-likeness (QED) is 0.617. The van der Waals surface area contributed by atoms with Crippen molar-refractivity contribution >= 4 is 11.6 Å². The predicted molar refractivity (Wildman–Crippen MR) is 97.8 cm³/mol. The molecular weight excluding hydrogens is 350 g/mol. The summed E-state index contributed by atoms with van der Waals surface area (Å²) in [6.45, 7) is 0.897. The number of aromatic nitrogens is 3. The largest absolute Gasteiger partial charge is 0.388 e. The van der Waals surface area contributed by atoms with Crippen LogP contribution in [-0.2, 0) is 22.6 Å². The van der Waals surface area contributed by atoms with Gasteiger partial charge in [0.2, 0.25) is 5.91 Å². The Labute approximate surface area is 157 Å². The minimum Gasteiger partial charge on any atom is -0.388 e. The van der Waals surface area contributed by atoms with Gasteiger partial charge < -0.3 is 25.2 Å². The molecule has 4 atom stereocenters. The van der Waals surface area contributed by atoms with E-state index in [-0.39, 0.29) is 18.9 Å². The lowest BCUT2D eigenvalue weighted by atomic mass is 10.1. The van der Waals surface area contributed by atoms with E-state index in [0.717, 1.165) is 5.69 Å². The summed E-state index contributed by atoms with van der Waals surface area (Å²) in [6, 6.07) is 9.04. The van der Waals surface area contributed by atoms with E-state index in [1.165, 1.54) is 0 Å². The van der Waals surface area contributed by atoms with Crippen LogP contribution in [0.3, 0.4) is 0 Å². The number of aliphatic hydroxyl groups is 2. The number of benzene rings is 1. The second-order valence-corrected chi connectivity index (χ2v) is 6.98. The van der Waals surface area contributed by atoms with E-state index in [9.17, 15) is 15.0 Å². The Bertz CT molecular complexity index is 751. The molecule has 146 valence electrons. The van der Waals surface area contributed by atoms with Crippen molar-refractivity contribution in [3.63, 3.8) is 0 Å². The number of hydrogen-bond donors (Lipinski definition) is 3. The molecule has 0 saturated carbocycles. The molecule has 3 rings (SSSR count). The monoisotopic (exact) mass is 375 g/mol. The lowest BCUT2D eigenvalue weighted by Gasteiger charge is -2.14. The Morgan fingerprint density at radius 1 is 1.22 bits per heavy atom. The first-order valence-electron chi connectivity index (χ1n) is 8.82. The molecule has 2 heterocycles. The van der Waals surface area contributed by atoms with E-state index in [1.807, 2.05) is 37.2 Å². The fraction of sp³-hybridized carbons (Fsp3) is 0.500. The lowest BCUT2D eigenvalue weighted by molar-refractivity contribution is -0.120. The molecule has 0 spiro atoms. The number of nitrogens with zero attached hydrogens (tertiary/aromatic N) is 4. The Balaban J connectivity index is 1.55. The summed E-state index contributed by atoms with van der Waals surface area (Å²) in [5.41, 5.74) is 1.47. The Hall–Kier alpha value is -2.33. The van der Waals surface area contributed by atoms with Crippen molar-refractivity contribution in [2.45, 2.75) is 43.9 Å². The maximum Gasteiger partial charge on any atom is 0.227 e. The molecule has 1 aromatic carbocycles. The lowest BCUT2D eigenvalue weighted by Crippen LogP contribution is -2.35. The third kappa shape index (κ3) is 5.10. The van der Waals surface area contributed by atoms with Crippen molar-refractivity contribution < 1.29 is 19.7 Å². The van der Waals surface area contributed by atoms with Gasteiger partial charge in [-0.2, -0.15) is 0 Å². The molecule has 27 heavy (non-hydrogen) atoms. The number of para-hydroxylation sites is 1. The van der Waals surface area contributed by atoms with Crippen LogP contribution in [0, 0.1) is 0 Å². The molecule has 0 unspecified atom stereocenters. The standard InChI is InChI=1S/C18H25N5O4/c1-22(2)9-13-10-23(21-20-13)11-15-18(26)17(25)14(27-15)8-16(24)19-12-6-4-3-5-7-12/h3-7,10,14-15,17-18,25-26H,8-9,11H2,1-2H3,(H,19,24)/t14-,15+,17-,18+/m0/s1. The predicted octanol–water partition coefficient (Wildman–Crippen LogP) is -0.142. The number of aliphatic hydroxyl groups excluding tert-OH is 2. The zero-order chi connectivity index (χ0) is 19.4. The second-order valence-electron chi connectivity index (χ2n) is 6.98. The molecule has 0 radical (unpaired) electrons. The third-order valence-electron chi connectivity index (χ3n) is 4.34. The van der Waals surface area contributed by atoms with Gasteiger partial charge in [-0.3, -0.25) is 4.79 Å². The summed E-state index contributed by atoms with van der Waals surface area (Å²) in [5, 5.41) is 31.3. The van der Waals surface area contributed by atoms with Gasteiger partial charge in [-0.15, -0.1) is 5.10 Å². The molecule has 1 aliphatic heterocycles. The van der Waals surface area contributed by atoms with Crippen LogP contribution in [0.2, 0.25) is 0 Å². The molecule has 1 aromatic heterocycles. The molecular formula is C18H25N5O4. The molecule has 1 fully saturated rings. The zero-order valence-electron chi connectivity index (χ0n) is 15.4.